The standard InChI is InChI=1S/C18H20N6O2/c19-6-1-2-8-23-9-4-12(5-10-23)24-15-13-3-7-20-16(13)21-11-14(15)17(25)22-18(24)26/h3,7,11-12H,1-2,4-5,8-10H2,(H,20,21)(H,22,25,26). The summed E-state index contributed by atoms with van der Waals surface area (Å²) in [7, 11) is 0. The number of nitriles is 1. The molecule has 1 aliphatic rings. The molecule has 1 saturated heterocycles. The summed E-state index contributed by atoms with van der Waals surface area (Å²) in [6.45, 7) is 2.67. The molecule has 3 aromatic rings. The van der Waals surface area contributed by atoms with E-state index in [9.17, 15) is 9.59 Å². The predicted octanol–water partition coefficient (Wildman–Crippen LogP) is 1.51. The van der Waals surface area contributed by atoms with E-state index in [1.807, 2.05) is 6.07 Å². The van der Waals surface area contributed by atoms with Crippen molar-refractivity contribution in [3.8, 4) is 6.07 Å². The van der Waals surface area contributed by atoms with Crippen LogP contribution in [0.5, 0.6) is 0 Å². The highest BCUT2D eigenvalue weighted by Crippen LogP contribution is 2.27. The molecule has 0 unspecified atom stereocenters. The van der Waals surface area contributed by atoms with Crippen LogP contribution < -0.4 is 11.2 Å². The fourth-order valence-electron chi connectivity index (χ4n) is 3.88. The first-order chi connectivity index (χ1) is 12.7. The van der Waals surface area contributed by atoms with Crippen molar-refractivity contribution in [2.45, 2.75) is 31.7 Å². The lowest BCUT2D eigenvalue weighted by atomic mass is 10.0. The second-order valence-electron chi connectivity index (χ2n) is 6.72. The number of pyridine rings is 1. The summed E-state index contributed by atoms with van der Waals surface area (Å²) in [4.78, 5) is 37.0. The second kappa shape index (κ2) is 6.77. The SMILES string of the molecule is N#CCCCN1CCC(n2c(=O)[nH]c(=O)c3cnc4[nH]ccc4c32)CC1. The van der Waals surface area contributed by atoms with Crippen LogP contribution in [0.4, 0.5) is 0 Å². The van der Waals surface area contributed by atoms with Crippen molar-refractivity contribution in [1.29, 1.82) is 5.26 Å². The van der Waals surface area contributed by atoms with Gasteiger partial charge in [-0.05, 0) is 31.9 Å². The minimum absolute atomic E-state index is 0.0366. The minimum atomic E-state index is -0.397. The van der Waals surface area contributed by atoms with Crippen molar-refractivity contribution in [1.82, 2.24) is 24.4 Å². The molecule has 0 aliphatic carbocycles. The number of nitrogens with one attached hydrogen (secondary N) is 2. The van der Waals surface area contributed by atoms with Crippen LogP contribution in [0.2, 0.25) is 0 Å². The van der Waals surface area contributed by atoms with Crippen LogP contribution in [-0.4, -0.2) is 44.1 Å². The van der Waals surface area contributed by atoms with Crippen LogP contribution in [0, 0.1) is 11.3 Å². The Morgan fingerprint density at radius 1 is 1.27 bits per heavy atom. The van der Waals surface area contributed by atoms with Gasteiger partial charge in [0.15, 0.2) is 0 Å². The van der Waals surface area contributed by atoms with Gasteiger partial charge in [-0.2, -0.15) is 5.26 Å². The summed E-state index contributed by atoms with van der Waals surface area (Å²) in [5, 5.41) is 9.90. The Balaban J connectivity index is 1.71. The molecule has 0 saturated carbocycles. The molecule has 8 heteroatoms. The number of unbranched alkanes of at least 4 members (excludes halogenated alkanes) is 1. The molecule has 0 radical (unpaired) electrons. The highest BCUT2D eigenvalue weighted by molar-refractivity contribution is 6.01. The maximum atomic E-state index is 12.6. The predicted molar refractivity (Wildman–Crippen MR) is 98.0 cm³/mol. The topological polar surface area (TPSA) is 111 Å². The average Bonchev–Trinajstić information content (AvgIpc) is 3.12. The van der Waals surface area contributed by atoms with E-state index in [-0.39, 0.29) is 11.7 Å². The van der Waals surface area contributed by atoms with Crippen LogP contribution in [0.3, 0.4) is 0 Å². The van der Waals surface area contributed by atoms with Crippen LogP contribution in [0.25, 0.3) is 21.9 Å². The van der Waals surface area contributed by atoms with Gasteiger partial charge in [0, 0.05) is 43.3 Å². The molecule has 4 rings (SSSR count). The molecule has 4 heterocycles. The Hall–Kier alpha value is -2.92. The van der Waals surface area contributed by atoms with Crippen LogP contribution in [-0.2, 0) is 0 Å². The van der Waals surface area contributed by atoms with Crippen molar-refractivity contribution < 1.29 is 0 Å². The van der Waals surface area contributed by atoms with E-state index in [0.29, 0.717) is 23.0 Å². The van der Waals surface area contributed by atoms with E-state index in [0.717, 1.165) is 44.3 Å². The number of H-pyrrole nitrogens is 2. The lowest BCUT2D eigenvalue weighted by Crippen LogP contribution is -2.40. The van der Waals surface area contributed by atoms with Gasteiger partial charge in [0.2, 0.25) is 0 Å². The maximum Gasteiger partial charge on any atom is 0.329 e. The van der Waals surface area contributed by atoms with E-state index in [1.165, 1.54) is 6.20 Å². The fraction of sp³-hybridized carbons (Fsp3) is 0.444. The molecular weight excluding hydrogens is 332 g/mol. The first-order valence-electron chi connectivity index (χ1n) is 8.89. The summed E-state index contributed by atoms with van der Waals surface area (Å²) in [5.74, 6) is 0. The molecule has 0 bridgehead atoms. The quantitative estimate of drug-likeness (QED) is 0.692. The third-order valence-corrected chi connectivity index (χ3v) is 5.17. The van der Waals surface area contributed by atoms with E-state index in [1.54, 1.807) is 10.8 Å². The van der Waals surface area contributed by atoms with Crippen molar-refractivity contribution in [3.63, 3.8) is 0 Å². The molecule has 1 fully saturated rings. The smallest absolute Gasteiger partial charge is 0.329 e. The van der Waals surface area contributed by atoms with Crippen molar-refractivity contribution in [2.24, 2.45) is 0 Å². The zero-order valence-corrected chi connectivity index (χ0v) is 14.4. The zero-order valence-electron chi connectivity index (χ0n) is 14.4. The second-order valence-corrected chi connectivity index (χ2v) is 6.72. The van der Waals surface area contributed by atoms with Gasteiger partial charge in [0.1, 0.15) is 5.65 Å². The summed E-state index contributed by atoms with van der Waals surface area (Å²) in [6, 6.07) is 4.07. The van der Waals surface area contributed by atoms with Crippen molar-refractivity contribution >= 4 is 21.9 Å². The molecule has 0 atom stereocenters. The maximum absolute atomic E-state index is 12.6. The number of rotatable bonds is 4. The number of fused-ring (bicyclic) bond motifs is 3. The Kier molecular flexibility index (Phi) is 4.31. The highest BCUT2D eigenvalue weighted by atomic mass is 16.2. The lowest BCUT2D eigenvalue weighted by Gasteiger charge is -2.33. The van der Waals surface area contributed by atoms with Crippen LogP contribution in [0.15, 0.2) is 28.0 Å². The van der Waals surface area contributed by atoms with E-state index in [4.69, 9.17) is 5.26 Å². The van der Waals surface area contributed by atoms with Crippen LogP contribution in [0.1, 0.15) is 31.7 Å². The molecule has 8 nitrogen and oxygen atoms in total. The number of piperidine rings is 1. The first kappa shape index (κ1) is 16.5. The number of hydrogen-bond acceptors (Lipinski definition) is 5. The number of aromatic nitrogens is 4. The van der Waals surface area contributed by atoms with Gasteiger partial charge in [0.05, 0.1) is 17.0 Å². The monoisotopic (exact) mass is 352 g/mol. The van der Waals surface area contributed by atoms with Gasteiger partial charge in [-0.3, -0.25) is 14.3 Å². The fourth-order valence-corrected chi connectivity index (χ4v) is 3.88. The molecule has 0 amide bonds. The van der Waals surface area contributed by atoms with Gasteiger partial charge in [0.25, 0.3) is 5.56 Å². The Morgan fingerprint density at radius 3 is 2.85 bits per heavy atom. The molecule has 1 aliphatic heterocycles. The van der Waals surface area contributed by atoms with Gasteiger partial charge in [-0.25, -0.2) is 9.78 Å². The molecule has 134 valence electrons. The van der Waals surface area contributed by atoms with Crippen molar-refractivity contribution in [2.75, 3.05) is 19.6 Å². The minimum Gasteiger partial charge on any atom is -0.346 e. The van der Waals surface area contributed by atoms with Gasteiger partial charge in [-0.15, -0.1) is 0 Å². The van der Waals surface area contributed by atoms with Crippen molar-refractivity contribution in [3.05, 3.63) is 39.3 Å². The van der Waals surface area contributed by atoms with Gasteiger partial charge >= 0.3 is 5.69 Å². The first-order valence-corrected chi connectivity index (χ1v) is 8.89. The summed E-state index contributed by atoms with van der Waals surface area (Å²) in [5.41, 5.74) is 0.572. The number of likely N-dealkylation sites (tertiary alicyclic amines) is 1. The number of hydrogen-bond donors (Lipinski definition) is 2. The summed E-state index contributed by atoms with van der Waals surface area (Å²) in [6.07, 6.45) is 6.41. The molecular formula is C18H20N6O2. The zero-order chi connectivity index (χ0) is 18.1. The van der Waals surface area contributed by atoms with Gasteiger partial charge < -0.3 is 9.88 Å². The molecule has 3 aromatic heterocycles. The third kappa shape index (κ3) is 2.80. The third-order valence-electron chi connectivity index (χ3n) is 5.17. The number of aromatic amines is 2. The lowest BCUT2D eigenvalue weighted by molar-refractivity contribution is 0.185. The Bertz CT molecular complexity index is 1090. The van der Waals surface area contributed by atoms with E-state index < -0.39 is 5.56 Å². The average molecular weight is 352 g/mol. The largest absolute Gasteiger partial charge is 0.346 e. The highest BCUT2D eigenvalue weighted by Gasteiger charge is 2.24. The summed E-state index contributed by atoms with van der Waals surface area (Å²) < 4.78 is 1.74. The van der Waals surface area contributed by atoms with E-state index in [2.05, 4.69) is 25.9 Å². The molecule has 26 heavy (non-hydrogen) atoms. The molecule has 0 aromatic carbocycles. The van der Waals surface area contributed by atoms with Gasteiger partial charge in [-0.1, -0.05) is 0 Å². The Morgan fingerprint density at radius 2 is 2.08 bits per heavy atom. The Labute approximate surface area is 149 Å². The van der Waals surface area contributed by atoms with E-state index >= 15 is 0 Å². The van der Waals surface area contributed by atoms with Crippen LogP contribution >= 0.6 is 0 Å². The summed E-state index contributed by atoms with van der Waals surface area (Å²) >= 11 is 0. The number of nitrogens with zero attached hydrogens (tertiary/aromatic N) is 4. The molecule has 2 N–H and O–H groups in total. The molecule has 0 spiro atoms. The normalized spacial score (nSPS) is 16.3.